The molecule has 0 bridgehead atoms. The molecular formula is C40H53N11O10S3. The first-order chi connectivity index (χ1) is 30.3. The fourth-order valence-electron chi connectivity index (χ4n) is 9.00. The van der Waals surface area contributed by atoms with Crippen LogP contribution in [0.15, 0.2) is 59.1 Å². The number of anilines is 2. The van der Waals surface area contributed by atoms with E-state index in [1.807, 2.05) is 34.1 Å². The van der Waals surface area contributed by atoms with Gasteiger partial charge < -0.3 is 20.8 Å². The van der Waals surface area contributed by atoms with Gasteiger partial charge in [-0.3, -0.25) is 38.8 Å². The van der Waals surface area contributed by atoms with Crippen LogP contribution in [0.25, 0.3) is 16.2 Å². The Morgan fingerprint density at radius 1 is 0.656 bits per heavy atom. The molecule has 2 unspecified atom stereocenters. The van der Waals surface area contributed by atoms with Crippen LogP contribution >= 0.6 is 11.3 Å². The van der Waals surface area contributed by atoms with Gasteiger partial charge in [0.05, 0.1) is 43.3 Å². The van der Waals surface area contributed by atoms with E-state index in [4.69, 9.17) is 10.3 Å². The lowest BCUT2D eigenvalue weighted by Crippen LogP contribution is -2.49. The van der Waals surface area contributed by atoms with Gasteiger partial charge in [0.2, 0.25) is 31.1 Å². The van der Waals surface area contributed by atoms with Gasteiger partial charge in [-0.25, -0.2) is 36.6 Å². The Bertz CT molecular complexity index is 2480. The minimum absolute atomic E-state index is 0.00593. The molecule has 21 nitrogen and oxygen atoms in total. The molecule has 2 atom stereocenters. The summed E-state index contributed by atoms with van der Waals surface area (Å²) >= 11 is 0.842. The van der Waals surface area contributed by atoms with Crippen LogP contribution < -0.4 is 20.9 Å². The van der Waals surface area contributed by atoms with Gasteiger partial charge in [-0.15, -0.1) is 5.10 Å². The number of nitrogens with two attached hydrogens (primary N) is 2. The van der Waals surface area contributed by atoms with E-state index in [0.29, 0.717) is 111 Å². The molecule has 2 saturated carbocycles. The van der Waals surface area contributed by atoms with Gasteiger partial charge in [0, 0.05) is 69.3 Å². The molecule has 346 valence electrons. The summed E-state index contributed by atoms with van der Waals surface area (Å²) in [6, 6.07) is 14.6. The van der Waals surface area contributed by atoms with Crippen LogP contribution in [0.3, 0.4) is 0 Å². The Morgan fingerprint density at radius 2 is 1.09 bits per heavy atom. The van der Waals surface area contributed by atoms with Crippen molar-refractivity contribution < 1.29 is 46.2 Å². The molecule has 2 aliphatic carbocycles. The second-order valence-corrected chi connectivity index (χ2v) is 21.4. The van der Waals surface area contributed by atoms with E-state index in [2.05, 4.69) is 20.7 Å². The summed E-state index contributed by atoms with van der Waals surface area (Å²) in [5.41, 5.74) is 3.51. The molecule has 7 rings (SSSR count). The molecule has 2 amide bonds. The highest BCUT2D eigenvalue weighted by molar-refractivity contribution is 7.91. The van der Waals surface area contributed by atoms with Crippen LogP contribution in [0, 0.1) is 11.8 Å². The first kappa shape index (κ1) is 47.1. The van der Waals surface area contributed by atoms with E-state index in [-0.39, 0.29) is 42.3 Å². The molecule has 3 heterocycles. The van der Waals surface area contributed by atoms with Crippen LogP contribution in [0.1, 0.15) is 37.2 Å². The number of hydrogen-bond acceptors (Lipinski definition) is 15. The highest BCUT2D eigenvalue weighted by Gasteiger charge is 2.45. The Balaban J connectivity index is 0.929. The zero-order chi connectivity index (χ0) is 45.8. The quantitative estimate of drug-likeness (QED) is 0.101. The maximum absolute atomic E-state index is 13.4. The van der Waals surface area contributed by atoms with Gasteiger partial charge in [0.25, 0.3) is 10.0 Å². The second kappa shape index (κ2) is 20.1. The first-order valence-corrected chi connectivity index (χ1v) is 24.9. The highest BCUT2D eigenvalue weighted by atomic mass is 32.2. The summed E-state index contributed by atoms with van der Waals surface area (Å²) in [5, 5.41) is 39.4. The lowest BCUT2D eigenvalue weighted by molar-refractivity contribution is -0.139. The highest BCUT2D eigenvalue weighted by Crippen LogP contribution is 2.51. The molecule has 3 fully saturated rings. The van der Waals surface area contributed by atoms with E-state index >= 15 is 0 Å². The second-order valence-electron chi connectivity index (χ2n) is 16.8. The number of carbonyl (C=O) groups is 4. The summed E-state index contributed by atoms with van der Waals surface area (Å²) in [4.78, 5) is 62.5. The number of hydrogen-bond donors (Lipinski definition) is 6. The number of imidazole rings is 1. The predicted molar refractivity (Wildman–Crippen MR) is 237 cm³/mol. The van der Waals surface area contributed by atoms with E-state index in [0.717, 1.165) is 29.7 Å². The first-order valence-electron chi connectivity index (χ1n) is 20.9. The Labute approximate surface area is 374 Å². The SMILES string of the molecule is NS(=O)(=O)c1nn2cc(-c3ccc(NC(=O)CN4CCN(CC(=O)O)CCN(CC(=O)Nc5ccc(C6CC7CC(S(N)(=O)=O)CC7C6)cc5)CCN(CC(=O)O)CC4)cc3)nc2s1. The number of fused-ring (bicyclic) bond motifs is 2. The summed E-state index contributed by atoms with van der Waals surface area (Å²) < 4.78 is 48.1. The topological polar surface area (TPSA) is 296 Å². The Kier molecular flexibility index (Phi) is 14.8. The van der Waals surface area contributed by atoms with Crippen molar-refractivity contribution in [1.29, 1.82) is 0 Å². The van der Waals surface area contributed by atoms with Gasteiger partial charge in [0.1, 0.15) is 0 Å². The van der Waals surface area contributed by atoms with Crippen molar-refractivity contribution in [3.63, 3.8) is 0 Å². The van der Waals surface area contributed by atoms with Crippen molar-refractivity contribution in [1.82, 2.24) is 34.2 Å². The summed E-state index contributed by atoms with van der Waals surface area (Å²) in [6.07, 6.45) is 4.60. The molecule has 3 aliphatic rings. The standard InChI is InChI=1S/C40H53N11O10S3/c41-63(58,59)33-19-29-17-28(18-30(29)20-33)26-1-5-31(6-2-26)43-35(52)22-47-9-13-49(24-37(54)55)15-11-48(12-16-50(14-10-47)25-38(56)57)23-36(53)44-32-7-3-27(4-8-32)34-21-51-39(45-34)62-40(46-51)64(42,60)61/h1-8,21,28-30,33H,9-20,22-25H2,(H,43,52)(H,44,53)(H,54,55)(H,56,57)(H2,41,58,59)(H2,42,60,61). The van der Waals surface area contributed by atoms with Gasteiger partial charge in [0.15, 0.2) is 0 Å². The lowest BCUT2D eigenvalue weighted by atomic mass is 9.94. The number of amides is 2. The largest absolute Gasteiger partial charge is 0.480 e. The van der Waals surface area contributed by atoms with Crippen molar-refractivity contribution in [2.45, 2.75) is 41.2 Å². The number of nitrogens with one attached hydrogen (secondary N) is 2. The van der Waals surface area contributed by atoms with Crippen molar-refractivity contribution in [3.05, 3.63) is 60.3 Å². The third-order valence-electron chi connectivity index (χ3n) is 12.2. The number of carbonyl (C=O) groups excluding carboxylic acids is 2. The molecule has 24 heteroatoms. The summed E-state index contributed by atoms with van der Waals surface area (Å²) in [6.45, 7) is 1.93. The molecule has 8 N–H and O–H groups in total. The third-order valence-corrected chi connectivity index (χ3v) is 15.8. The van der Waals surface area contributed by atoms with Gasteiger partial charge in [-0.05, 0) is 73.3 Å². The van der Waals surface area contributed by atoms with Crippen LogP contribution in [-0.4, -0.2) is 169 Å². The summed E-state index contributed by atoms with van der Waals surface area (Å²) in [7, 11) is -7.49. The van der Waals surface area contributed by atoms with Crippen LogP contribution in [0.4, 0.5) is 11.4 Å². The monoisotopic (exact) mass is 943 g/mol. The molecule has 0 radical (unpaired) electrons. The molecular weight excluding hydrogens is 891 g/mol. The zero-order valence-corrected chi connectivity index (χ0v) is 37.4. The number of sulfonamides is 2. The minimum Gasteiger partial charge on any atom is -0.480 e. The number of carboxylic acids is 2. The predicted octanol–water partition coefficient (Wildman–Crippen LogP) is 0.634. The molecule has 1 aliphatic heterocycles. The maximum atomic E-state index is 13.4. The average molecular weight is 944 g/mol. The zero-order valence-electron chi connectivity index (χ0n) is 35.0. The number of aromatic nitrogens is 3. The Morgan fingerprint density at radius 3 is 1.50 bits per heavy atom. The van der Waals surface area contributed by atoms with Crippen molar-refractivity contribution in [2.24, 2.45) is 22.1 Å². The van der Waals surface area contributed by atoms with Gasteiger partial charge in [-0.1, -0.05) is 35.6 Å². The molecule has 2 aromatic heterocycles. The molecule has 64 heavy (non-hydrogen) atoms. The van der Waals surface area contributed by atoms with Crippen molar-refractivity contribution >= 4 is 71.5 Å². The molecule has 4 aromatic rings. The van der Waals surface area contributed by atoms with Crippen molar-refractivity contribution in [2.75, 3.05) is 89.2 Å². The number of benzene rings is 2. The van der Waals surface area contributed by atoms with Crippen molar-refractivity contribution in [3.8, 4) is 11.3 Å². The fraction of sp³-hybridized carbons (Fsp3) is 0.500. The summed E-state index contributed by atoms with van der Waals surface area (Å²) in [5.74, 6) is -1.66. The Hall–Kier alpha value is -4.92. The normalized spacial score (nSPS) is 22.4. The van der Waals surface area contributed by atoms with Gasteiger partial charge >= 0.3 is 11.9 Å². The van der Waals surface area contributed by atoms with Gasteiger partial charge in [-0.2, -0.15) is 0 Å². The molecule has 1 saturated heterocycles. The number of primary sulfonamides is 2. The lowest BCUT2D eigenvalue weighted by Gasteiger charge is -2.33. The minimum atomic E-state index is -3.96. The maximum Gasteiger partial charge on any atom is 0.317 e. The number of rotatable bonds is 14. The number of aliphatic carboxylic acids is 2. The molecule has 0 spiro atoms. The third kappa shape index (κ3) is 12.7. The molecule has 2 aromatic carbocycles. The van der Waals surface area contributed by atoms with Crippen LogP contribution in [-0.2, 0) is 39.2 Å². The van der Waals surface area contributed by atoms with E-state index in [1.54, 1.807) is 40.3 Å². The average Bonchev–Trinajstić information content (AvgIpc) is 4.00. The van der Waals surface area contributed by atoms with E-state index < -0.39 is 37.2 Å². The number of nitrogens with zero attached hydrogens (tertiary/aromatic N) is 7. The van der Waals surface area contributed by atoms with Crippen LogP contribution in [0.5, 0.6) is 0 Å². The van der Waals surface area contributed by atoms with E-state index in [1.165, 1.54) is 4.52 Å². The van der Waals surface area contributed by atoms with Crippen LogP contribution in [0.2, 0.25) is 0 Å². The smallest absolute Gasteiger partial charge is 0.317 e. The number of carboxylic acid groups (broad SMARTS) is 2. The fourth-order valence-corrected chi connectivity index (χ4v) is 11.5. The van der Waals surface area contributed by atoms with E-state index in [9.17, 15) is 46.2 Å².